The predicted octanol–water partition coefficient (Wildman–Crippen LogP) is 0.548. The molecule has 0 aromatic rings. The maximum atomic E-state index is 11.7. The Kier molecular flexibility index (Phi) is 6.12. The molecule has 3 unspecified atom stereocenters. The van der Waals surface area contributed by atoms with Crippen LogP contribution in [0.1, 0.15) is 46.5 Å². The van der Waals surface area contributed by atoms with Gasteiger partial charge < -0.3 is 16.0 Å². The van der Waals surface area contributed by atoms with Crippen LogP contribution in [0.15, 0.2) is 0 Å². The molecule has 0 spiro atoms. The summed E-state index contributed by atoms with van der Waals surface area (Å²) < 4.78 is 0. The molecule has 0 saturated carbocycles. The van der Waals surface area contributed by atoms with Gasteiger partial charge in [0.2, 0.25) is 11.8 Å². The zero-order valence-corrected chi connectivity index (χ0v) is 11.6. The van der Waals surface area contributed by atoms with Crippen molar-refractivity contribution in [1.82, 2.24) is 16.0 Å². The summed E-state index contributed by atoms with van der Waals surface area (Å²) in [7, 11) is 0. The number of nitrogens with one attached hydrogen (secondary N) is 3. The zero-order valence-electron chi connectivity index (χ0n) is 11.6. The van der Waals surface area contributed by atoms with E-state index in [0.29, 0.717) is 6.42 Å². The van der Waals surface area contributed by atoms with Gasteiger partial charge in [-0.15, -0.1) is 0 Å². The van der Waals surface area contributed by atoms with Gasteiger partial charge >= 0.3 is 0 Å². The first kappa shape index (κ1) is 15.0. The van der Waals surface area contributed by atoms with Crippen molar-refractivity contribution in [3.05, 3.63) is 0 Å². The number of amides is 2. The van der Waals surface area contributed by atoms with Crippen LogP contribution < -0.4 is 16.0 Å². The Bertz CT molecular complexity index is 288. The van der Waals surface area contributed by atoms with E-state index in [4.69, 9.17) is 0 Å². The van der Waals surface area contributed by atoms with Crippen molar-refractivity contribution in [2.45, 2.75) is 64.6 Å². The lowest BCUT2D eigenvalue weighted by molar-refractivity contribution is -0.129. The lowest BCUT2D eigenvalue weighted by Crippen LogP contribution is -2.48. The summed E-state index contributed by atoms with van der Waals surface area (Å²) in [6.07, 6.45) is 3.52. The van der Waals surface area contributed by atoms with E-state index in [1.54, 1.807) is 6.92 Å². The Morgan fingerprint density at radius 3 is 2.61 bits per heavy atom. The molecule has 1 heterocycles. The lowest BCUT2D eigenvalue weighted by Gasteiger charge is -2.18. The van der Waals surface area contributed by atoms with Crippen molar-refractivity contribution in [3.63, 3.8) is 0 Å². The second kappa shape index (κ2) is 7.36. The largest absolute Gasteiger partial charge is 0.352 e. The first-order chi connectivity index (χ1) is 8.52. The van der Waals surface area contributed by atoms with Crippen LogP contribution in [0.25, 0.3) is 0 Å². The third-order valence-corrected chi connectivity index (χ3v) is 3.37. The van der Waals surface area contributed by atoms with Crippen LogP contribution >= 0.6 is 0 Å². The van der Waals surface area contributed by atoms with Crippen LogP contribution in [0, 0.1) is 0 Å². The van der Waals surface area contributed by atoms with Crippen LogP contribution in [0.5, 0.6) is 0 Å². The molecule has 0 aromatic heterocycles. The average molecular weight is 255 g/mol. The third-order valence-electron chi connectivity index (χ3n) is 3.37. The molecule has 3 atom stereocenters. The molecule has 18 heavy (non-hydrogen) atoms. The molecule has 2 amide bonds. The highest BCUT2D eigenvalue weighted by atomic mass is 16.2. The SMILES string of the molecule is CCC(C)NC(=O)C(C)NC(=O)CC1CCCN1. The lowest BCUT2D eigenvalue weighted by atomic mass is 10.1. The van der Waals surface area contributed by atoms with Crippen molar-refractivity contribution >= 4 is 11.8 Å². The van der Waals surface area contributed by atoms with Gasteiger partial charge in [-0.2, -0.15) is 0 Å². The number of carbonyl (C=O) groups is 2. The van der Waals surface area contributed by atoms with Gasteiger partial charge in [0.1, 0.15) is 6.04 Å². The van der Waals surface area contributed by atoms with Gasteiger partial charge in [-0.05, 0) is 39.7 Å². The molecule has 0 radical (unpaired) electrons. The molecule has 0 aromatic carbocycles. The summed E-state index contributed by atoms with van der Waals surface area (Å²) in [5, 5.41) is 8.87. The van der Waals surface area contributed by atoms with Crippen molar-refractivity contribution in [3.8, 4) is 0 Å². The highest BCUT2D eigenvalue weighted by molar-refractivity contribution is 5.87. The van der Waals surface area contributed by atoms with Crippen LogP contribution in [0.2, 0.25) is 0 Å². The van der Waals surface area contributed by atoms with Gasteiger partial charge in [0, 0.05) is 18.5 Å². The zero-order chi connectivity index (χ0) is 13.5. The highest BCUT2D eigenvalue weighted by Gasteiger charge is 2.21. The Hall–Kier alpha value is -1.10. The van der Waals surface area contributed by atoms with Gasteiger partial charge in [-0.25, -0.2) is 0 Å². The Morgan fingerprint density at radius 2 is 2.06 bits per heavy atom. The van der Waals surface area contributed by atoms with E-state index < -0.39 is 6.04 Å². The number of rotatable bonds is 6. The first-order valence-corrected chi connectivity index (χ1v) is 6.86. The summed E-state index contributed by atoms with van der Waals surface area (Å²) in [5.74, 6) is -0.168. The monoisotopic (exact) mass is 255 g/mol. The van der Waals surface area contributed by atoms with Crippen molar-refractivity contribution in [1.29, 1.82) is 0 Å². The fraction of sp³-hybridized carbons (Fsp3) is 0.846. The normalized spacial score (nSPS) is 22.3. The summed E-state index contributed by atoms with van der Waals surface area (Å²) in [6.45, 7) is 6.68. The van der Waals surface area contributed by atoms with E-state index >= 15 is 0 Å². The summed E-state index contributed by atoms with van der Waals surface area (Å²) in [4.78, 5) is 23.5. The van der Waals surface area contributed by atoms with E-state index in [9.17, 15) is 9.59 Å². The van der Waals surface area contributed by atoms with Crippen molar-refractivity contribution in [2.24, 2.45) is 0 Å². The van der Waals surface area contributed by atoms with E-state index in [2.05, 4.69) is 16.0 Å². The molecular formula is C13H25N3O2. The van der Waals surface area contributed by atoms with Gasteiger partial charge in [-0.3, -0.25) is 9.59 Å². The topological polar surface area (TPSA) is 70.2 Å². The van der Waals surface area contributed by atoms with Gasteiger partial charge in [0.15, 0.2) is 0 Å². The van der Waals surface area contributed by atoms with E-state index in [1.165, 1.54) is 0 Å². The van der Waals surface area contributed by atoms with E-state index in [1.807, 2.05) is 13.8 Å². The van der Waals surface area contributed by atoms with Gasteiger partial charge in [0.25, 0.3) is 0 Å². The quantitative estimate of drug-likeness (QED) is 0.649. The number of hydrogen-bond donors (Lipinski definition) is 3. The number of hydrogen-bond acceptors (Lipinski definition) is 3. The fourth-order valence-electron chi connectivity index (χ4n) is 1.99. The maximum Gasteiger partial charge on any atom is 0.242 e. The minimum absolute atomic E-state index is 0.0544. The Balaban J connectivity index is 2.27. The molecule has 1 fully saturated rings. The molecule has 1 aliphatic rings. The fourth-order valence-corrected chi connectivity index (χ4v) is 1.99. The van der Waals surface area contributed by atoms with Gasteiger partial charge in [-0.1, -0.05) is 6.92 Å². The minimum Gasteiger partial charge on any atom is -0.352 e. The highest BCUT2D eigenvalue weighted by Crippen LogP contribution is 2.08. The summed E-state index contributed by atoms with van der Waals surface area (Å²) in [6, 6.07) is -0.0453. The van der Waals surface area contributed by atoms with E-state index in [0.717, 1.165) is 25.8 Å². The molecule has 5 heteroatoms. The predicted molar refractivity (Wildman–Crippen MR) is 71.1 cm³/mol. The second-order valence-electron chi connectivity index (χ2n) is 5.10. The smallest absolute Gasteiger partial charge is 0.242 e. The maximum absolute atomic E-state index is 11.7. The molecule has 104 valence electrons. The first-order valence-electron chi connectivity index (χ1n) is 6.86. The van der Waals surface area contributed by atoms with Crippen molar-refractivity contribution < 1.29 is 9.59 Å². The molecule has 1 saturated heterocycles. The molecule has 1 rings (SSSR count). The average Bonchev–Trinajstić information content (AvgIpc) is 2.81. The number of carbonyl (C=O) groups excluding carboxylic acids is 2. The van der Waals surface area contributed by atoms with Crippen LogP contribution in [-0.2, 0) is 9.59 Å². The Labute approximate surface area is 109 Å². The molecule has 3 N–H and O–H groups in total. The molecule has 0 aliphatic carbocycles. The van der Waals surface area contributed by atoms with Gasteiger partial charge in [0.05, 0.1) is 0 Å². The molecule has 1 aliphatic heterocycles. The summed E-state index contributed by atoms with van der Waals surface area (Å²) in [5.41, 5.74) is 0. The molecule has 0 bridgehead atoms. The standard InChI is InChI=1S/C13H25N3O2/c1-4-9(2)15-13(18)10(3)16-12(17)8-11-6-5-7-14-11/h9-11,14H,4-8H2,1-3H3,(H,15,18)(H,16,17). The van der Waals surface area contributed by atoms with Crippen LogP contribution in [0.4, 0.5) is 0 Å². The summed E-state index contributed by atoms with van der Waals surface area (Å²) >= 11 is 0. The second-order valence-corrected chi connectivity index (χ2v) is 5.10. The van der Waals surface area contributed by atoms with Crippen LogP contribution in [-0.4, -0.2) is 36.5 Å². The Morgan fingerprint density at radius 1 is 1.33 bits per heavy atom. The minimum atomic E-state index is -0.465. The molecule has 5 nitrogen and oxygen atoms in total. The molecular weight excluding hydrogens is 230 g/mol. The third kappa shape index (κ3) is 5.04. The van der Waals surface area contributed by atoms with Crippen LogP contribution in [0.3, 0.4) is 0 Å². The van der Waals surface area contributed by atoms with Crippen molar-refractivity contribution in [2.75, 3.05) is 6.54 Å². The van der Waals surface area contributed by atoms with E-state index in [-0.39, 0.29) is 23.9 Å².